The van der Waals surface area contributed by atoms with Crippen LogP contribution in [-0.2, 0) is 26.4 Å². The summed E-state index contributed by atoms with van der Waals surface area (Å²) in [6.45, 7) is 0.731. The predicted octanol–water partition coefficient (Wildman–Crippen LogP) is 5.15. The van der Waals surface area contributed by atoms with Gasteiger partial charge in [0.15, 0.2) is 5.65 Å². The highest BCUT2D eigenvalue weighted by Crippen LogP contribution is 2.22. The van der Waals surface area contributed by atoms with Crippen LogP contribution in [0.3, 0.4) is 0 Å². The number of fused-ring (bicyclic) bond motifs is 1. The molecule has 32 heavy (non-hydrogen) atoms. The van der Waals surface area contributed by atoms with Crippen LogP contribution in [0.1, 0.15) is 23.4 Å². The van der Waals surface area contributed by atoms with E-state index in [4.69, 9.17) is 4.98 Å². The van der Waals surface area contributed by atoms with Crippen LogP contribution in [0.2, 0.25) is 0 Å². The summed E-state index contributed by atoms with van der Waals surface area (Å²) >= 11 is 0. The number of imidazole rings is 1. The molecule has 3 heterocycles. The van der Waals surface area contributed by atoms with Crippen molar-refractivity contribution in [3.05, 3.63) is 96.2 Å². The smallest absolute Gasteiger partial charge is 0.179 e. The summed E-state index contributed by atoms with van der Waals surface area (Å²) in [5.74, 6) is 0.985. The lowest BCUT2D eigenvalue weighted by molar-refractivity contribution is 0.768. The van der Waals surface area contributed by atoms with Gasteiger partial charge in [0.1, 0.15) is 11.3 Å². The van der Waals surface area contributed by atoms with E-state index in [0.717, 1.165) is 54.0 Å². The number of rotatable bonds is 8. The topological polar surface area (TPSA) is 71.4 Å². The second kappa shape index (κ2) is 9.06. The molecular formula is C26H26N6. The molecule has 0 fully saturated rings. The van der Waals surface area contributed by atoms with E-state index in [0.29, 0.717) is 0 Å². The first kappa shape index (κ1) is 20.0. The zero-order valence-electron chi connectivity index (χ0n) is 18.1. The Bertz CT molecular complexity index is 1300. The lowest BCUT2D eigenvalue weighted by Gasteiger charge is -2.08. The predicted molar refractivity (Wildman–Crippen MR) is 128 cm³/mol. The Labute approximate surface area is 187 Å². The molecule has 5 rings (SSSR count). The highest BCUT2D eigenvalue weighted by molar-refractivity contribution is 5.85. The van der Waals surface area contributed by atoms with Gasteiger partial charge in [-0.25, -0.2) is 9.97 Å². The maximum atomic E-state index is 4.69. The second-order valence-electron chi connectivity index (χ2n) is 8.03. The molecule has 0 radical (unpaired) electrons. The zero-order valence-corrected chi connectivity index (χ0v) is 18.1. The van der Waals surface area contributed by atoms with E-state index in [9.17, 15) is 0 Å². The fourth-order valence-corrected chi connectivity index (χ4v) is 3.91. The lowest BCUT2D eigenvalue weighted by Crippen LogP contribution is -2.00. The van der Waals surface area contributed by atoms with Crippen molar-refractivity contribution in [1.29, 1.82) is 0 Å². The van der Waals surface area contributed by atoms with Crippen molar-refractivity contribution < 1.29 is 0 Å². The zero-order chi connectivity index (χ0) is 21.8. The number of nitrogens with one attached hydrogen (secondary N) is 2. The van der Waals surface area contributed by atoms with Gasteiger partial charge in [-0.15, -0.1) is 0 Å². The van der Waals surface area contributed by atoms with Crippen LogP contribution < -0.4 is 5.32 Å². The molecule has 5 aromatic rings. The van der Waals surface area contributed by atoms with Crippen molar-refractivity contribution in [2.45, 2.75) is 25.8 Å². The van der Waals surface area contributed by atoms with Gasteiger partial charge in [0.25, 0.3) is 0 Å². The number of hydrogen-bond donors (Lipinski definition) is 2. The third-order valence-corrected chi connectivity index (χ3v) is 5.64. The Morgan fingerprint density at radius 3 is 2.53 bits per heavy atom. The molecule has 2 N–H and O–H groups in total. The highest BCUT2D eigenvalue weighted by Gasteiger charge is 2.09. The van der Waals surface area contributed by atoms with Gasteiger partial charge in [-0.1, -0.05) is 54.6 Å². The summed E-state index contributed by atoms with van der Waals surface area (Å²) in [6, 6.07) is 21.1. The molecule has 0 aliphatic heterocycles. The maximum Gasteiger partial charge on any atom is 0.179 e. The number of nitrogens with zero attached hydrogens (tertiary/aromatic N) is 4. The second-order valence-corrected chi connectivity index (χ2v) is 8.03. The molecule has 3 aromatic heterocycles. The number of anilines is 1. The fourth-order valence-electron chi connectivity index (χ4n) is 3.91. The SMILES string of the molecule is Cn1cc(-c2ccc(CNc3ccnc4nc(CCCc5ccccc5)[nH]c34)cc2)cn1. The van der Waals surface area contributed by atoms with Gasteiger partial charge in [-0.3, -0.25) is 4.68 Å². The van der Waals surface area contributed by atoms with Gasteiger partial charge in [-0.2, -0.15) is 5.10 Å². The first-order chi connectivity index (χ1) is 15.7. The molecule has 0 unspecified atom stereocenters. The van der Waals surface area contributed by atoms with Crippen LogP contribution >= 0.6 is 0 Å². The third-order valence-electron chi connectivity index (χ3n) is 5.64. The van der Waals surface area contributed by atoms with Crippen LogP contribution in [0.25, 0.3) is 22.3 Å². The molecular weight excluding hydrogens is 396 g/mol. The summed E-state index contributed by atoms with van der Waals surface area (Å²) in [5, 5.41) is 7.78. The molecule has 0 bridgehead atoms. The van der Waals surface area contributed by atoms with E-state index in [1.807, 2.05) is 36.4 Å². The Morgan fingerprint density at radius 2 is 1.75 bits per heavy atom. The first-order valence-corrected chi connectivity index (χ1v) is 10.9. The third kappa shape index (κ3) is 4.54. The van der Waals surface area contributed by atoms with Gasteiger partial charge in [0, 0.05) is 38.0 Å². The lowest BCUT2D eigenvalue weighted by atomic mass is 10.1. The van der Waals surface area contributed by atoms with Crippen LogP contribution in [-0.4, -0.2) is 24.7 Å². The molecule has 0 atom stereocenters. The molecule has 0 aliphatic carbocycles. The summed E-state index contributed by atoms with van der Waals surface area (Å²) in [4.78, 5) is 12.6. The van der Waals surface area contributed by atoms with E-state index in [2.05, 4.69) is 75.0 Å². The van der Waals surface area contributed by atoms with Crippen molar-refractivity contribution in [2.24, 2.45) is 7.05 Å². The van der Waals surface area contributed by atoms with E-state index >= 15 is 0 Å². The summed E-state index contributed by atoms with van der Waals surface area (Å²) in [6.07, 6.45) is 8.72. The van der Waals surface area contributed by atoms with Crippen molar-refractivity contribution >= 4 is 16.9 Å². The quantitative estimate of drug-likeness (QED) is 0.363. The minimum absolute atomic E-state index is 0.731. The van der Waals surface area contributed by atoms with Crippen LogP contribution in [0, 0.1) is 0 Å². The van der Waals surface area contributed by atoms with Gasteiger partial charge in [0.05, 0.1) is 11.9 Å². The molecule has 160 valence electrons. The average molecular weight is 423 g/mol. The Hall–Kier alpha value is -3.93. The Morgan fingerprint density at radius 1 is 0.906 bits per heavy atom. The van der Waals surface area contributed by atoms with Crippen LogP contribution in [0.4, 0.5) is 5.69 Å². The number of H-pyrrole nitrogens is 1. The van der Waals surface area contributed by atoms with Crippen LogP contribution in [0.5, 0.6) is 0 Å². The van der Waals surface area contributed by atoms with Crippen molar-refractivity contribution in [1.82, 2.24) is 24.7 Å². The monoisotopic (exact) mass is 422 g/mol. The average Bonchev–Trinajstić information content (AvgIpc) is 3.45. The van der Waals surface area contributed by atoms with E-state index in [-0.39, 0.29) is 0 Å². The van der Waals surface area contributed by atoms with Crippen molar-refractivity contribution in [3.8, 4) is 11.1 Å². The van der Waals surface area contributed by atoms with Crippen LogP contribution in [0.15, 0.2) is 79.3 Å². The van der Waals surface area contributed by atoms with Gasteiger partial charge in [0.2, 0.25) is 0 Å². The standard InChI is InChI=1S/C26H26N6/c1-32-18-22(17-29-32)21-12-10-20(11-13-21)16-28-23-14-15-27-26-25(23)30-24(31-26)9-5-8-19-6-3-2-4-7-19/h2-4,6-7,10-15,17-18H,5,8-9,16H2,1H3,(H2,27,28,30,31). The van der Waals surface area contributed by atoms with E-state index in [1.54, 1.807) is 0 Å². The van der Waals surface area contributed by atoms with Gasteiger partial charge < -0.3 is 10.3 Å². The number of aryl methyl sites for hydroxylation is 3. The Kier molecular flexibility index (Phi) is 5.66. The number of pyridine rings is 1. The molecule has 0 spiro atoms. The Balaban J connectivity index is 1.23. The van der Waals surface area contributed by atoms with Gasteiger partial charge >= 0.3 is 0 Å². The maximum absolute atomic E-state index is 4.69. The fraction of sp³-hybridized carbons (Fsp3) is 0.192. The minimum Gasteiger partial charge on any atom is -0.379 e. The first-order valence-electron chi connectivity index (χ1n) is 10.9. The van der Waals surface area contributed by atoms with Crippen molar-refractivity contribution in [2.75, 3.05) is 5.32 Å². The minimum atomic E-state index is 0.731. The molecule has 2 aromatic carbocycles. The normalized spacial score (nSPS) is 11.2. The number of hydrogen-bond acceptors (Lipinski definition) is 4. The number of benzene rings is 2. The van der Waals surface area contributed by atoms with E-state index in [1.165, 1.54) is 16.7 Å². The summed E-state index contributed by atoms with van der Waals surface area (Å²) < 4.78 is 1.82. The molecule has 6 nitrogen and oxygen atoms in total. The number of aromatic amines is 1. The van der Waals surface area contributed by atoms with Gasteiger partial charge in [-0.05, 0) is 35.6 Å². The molecule has 0 aliphatic rings. The summed E-state index contributed by atoms with van der Waals surface area (Å²) in [7, 11) is 1.93. The molecule has 0 saturated carbocycles. The highest BCUT2D eigenvalue weighted by atomic mass is 15.2. The number of aromatic nitrogens is 5. The summed E-state index contributed by atoms with van der Waals surface area (Å²) in [5.41, 5.74) is 7.62. The van der Waals surface area contributed by atoms with Crippen molar-refractivity contribution in [3.63, 3.8) is 0 Å². The van der Waals surface area contributed by atoms with E-state index < -0.39 is 0 Å². The largest absolute Gasteiger partial charge is 0.379 e. The molecule has 6 heteroatoms. The molecule has 0 saturated heterocycles. The molecule has 0 amide bonds.